The zero-order valence-electron chi connectivity index (χ0n) is 27.2. The van der Waals surface area contributed by atoms with Gasteiger partial charge in [-0.2, -0.15) is 0 Å². The average Bonchev–Trinajstić information content (AvgIpc) is 3.42. The first-order valence-electron chi connectivity index (χ1n) is 16.2. The number of hydrogen-bond donors (Lipinski definition) is 0. The molecule has 1 aromatic heterocycles. The second-order valence-corrected chi connectivity index (χ2v) is 12.0. The van der Waals surface area contributed by atoms with Gasteiger partial charge in [-0.25, -0.2) is 0 Å². The normalized spacial score (nSPS) is 14.1. The highest BCUT2D eigenvalue weighted by molar-refractivity contribution is 6.27. The number of hydrogen-bond acceptors (Lipinski definition) is 8. The fourth-order valence-corrected chi connectivity index (χ4v) is 6.55. The van der Waals surface area contributed by atoms with Crippen molar-refractivity contribution in [2.45, 2.75) is 26.2 Å². The highest BCUT2D eigenvalue weighted by Gasteiger charge is 2.35. The van der Waals surface area contributed by atoms with Crippen LogP contribution in [0.4, 0.5) is 0 Å². The Balaban J connectivity index is 1.35. The fraction of sp³-hybridized carbons (Fsp3) is 0.282. The molecule has 9 heteroatoms. The number of nitrogens with zero attached hydrogens (tertiary/aromatic N) is 2. The minimum absolute atomic E-state index is 0.182. The lowest BCUT2D eigenvalue weighted by Gasteiger charge is -2.26. The van der Waals surface area contributed by atoms with Gasteiger partial charge in [0.25, 0.3) is 5.56 Å². The van der Waals surface area contributed by atoms with Gasteiger partial charge in [-0.3, -0.25) is 14.5 Å². The van der Waals surface area contributed by atoms with Gasteiger partial charge in [-0.05, 0) is 41.8 Å². The van der Waals surface area contributed by atoms with Gasteiger partial charge in [0.2, 0.25) is 0 Å². The van der Waals surface area contributed by atoms with E-state index < -0.39 is 0 Å². The number of aromatic nitrogens is 1. The summed E-state index contributed by atoms with van der Waals surface area (Å²) in [6.07, 6.45) is 0.726. The van der Waals surface area contributed by atoms with Crippen LogP contribution in [0.15, 0.2) is 89.7 Å². The maximum atomic E-state index is 14.5. The molecule has 5 aromatic rings. The van der Waals surface area contributed by atoms with Crippen molar-refractivity contribution in [1.29, 1.82) is 0 Å². The standard InChI is InChI=1S/C39H38N2O7/c1-44-32-20-28-31(23-33(32)45-2)39(43)41(15-9-14-40-16-18-46-19-17-40)37-29-21-34(47-24-26-10-5-3-6-11-26)35(22-30(29)38(42)36(28)37)48-25-27-12-7-4-8-13-27/h3-8,10-13,20-23H,9,14-19,24-25H2,1-2H3. The first-order valence-corrected chi connectivity index (χ1v) is 16.2. The molecule has 0 N–H and O–H groups in total. The number of ether oxygens (including phenoxy) is 5. The molecule has 2 aliphatic rings. The summed E-state index contributed by atoms with van der Waals surface area (Å²) in [6.45, 7) is 4.98. The highest BCUT2D eigenvalue weighted by Crippen LogP contribution is 2.46. The minimum Gasteiger partial charge on any atom is -0.493 e. The molecular formula is C39H38N2O7. The molecule has 0 bridgehead atoms. The third-order valence-electron chi connectivity index (χ3n) is 9.02. The SMILES string of the molecule is COc1cc2c3c(n(CCCN4CCOCC4)c(=O)c2cc1OC)-c1cc(OCc2ccccc2)c(OCc2ccccc2)cc1C3=O. The molecule has 0 spiro atoms. The molecule has 0 saturated carbocycles. The Morgan fingerprint density at radius 3 is 1.81 bits per heavy atom. The van der Waals surface area contributed by atoms with Crippen LogP contribution < -0.4 is 24.5 Å². The zero-order valence-corrected chi connectivity index (χ0v) is 27.2. The third kappa shape index (κ3) is 6.14. The van der Waals surface area contributed by atoms with Crippen molar-refractivity contribution in [2.75, 3.05) is 47.1 Å². The Morgan fingerprint density at radius 2 is 1.23 bits per heavy atom. The van der Waals surface area contributed by atoms with E-state index in [9.17, 15) is 9.59 Å². The summed E-state index contributed by atoms with van der Waals surface area (Å²) in [4.78, 5) is 31.1. The van der Waals surface area contributed by atoms with E-state index in [1.54, 1.807) is 29.9 Å². The number of carbonyl (C=O) groups is 1. The molecule has 246 valence electrons. The van der Waals surface area contributed by atoms with Crippen molar-refractivity contribution in [3.63, 3.8) is 0 Å². The van der Waals surface area contributed by atoms with Crippen LogP contribution in [0.5, 0.6) is 23.0 Å². The molecule has 48 heavy (non-hydrogen) atoms. The molecule has 0 radical (unpaired) electrons. The summed E-state index contributed by atoms with van der Waals surface area (Å²) in [5, 5.41) is 0.928. The number of rotatable bonds is 12. The topological polar surface area (TPSA) is 88.5 Å². The van der Waals surface area contributed by atoms with E-state index in [-0.39, 0.29) is 11.3 Å². The first kappa shape index (κ1) is 31.5. The lowest BCUT2D eigenvalue weighted by atomic mass is 10.0. The zero-order chi connectivity index (χ0) is 33.0. The molecule has 0 unspecified atom stereocenters. The number of benzene rings is 4. The van der Waals surface area contributed by atoms with Crippen LogP contribution in [-0.4, -0.2) is 62.3 Å². The van der Waals surface area contributed by atoms with Crippen molar-refractivity contribution in [3.8, 4) is 34.3 Å². The van der Waals surface area contributed by atoms with E-state index in [0.29, 0.717) is 89.1 Å². The van der Waals surface area contributed by atoms with E-state index in [4.69, 9.17) is 23.7 Å². The van der Waals surface area contributed by atoms with Crippen molar-refractivity contribution < 1.29 is 28.5 Å². The van der Waals surface area contributed by atoms with Crippen molar-refractivity contribution in [2.24, 2.45) is 0 Å². The summed E-state index contributed by atoms with van der Waals surface area (Å²) >= 11 is 0. The van der Waals surface area contributed by atoms with E-state index in [1.807, 2.05) is 66.7 Å². The summed E-state index contributed by atoms with van der Waals surface area (Å²) in [7, 11) is 3.08. The van der Waals surface area contributed by atoms with Crippen LogP contribution in [-0.2, 0) is 24.5 Å². The van der Waals surface area contributed by atoms with Crippen molar-refractivity contribution in [3.05, 3.63) is 118 Å². The number of methoxy groups -OCH3 is 2. The van der Waals surface area contributed by atoms with Gasteiger partial charge >= 0.3 is 0 Å². The van der Waals surface area contributed by atoms with Crippen LogP contribution in [0, 0.1) is 0 Å². The second-order valence-electron chi connectivity index (χ2n) is 12.0. The molecule has 0 atom stereocenters. The van der Waals surface area contributed by atoms with Crippen molar-refractivity contribution in [1.82, 2.24) is 9.47 Å². The van der Waals surface area contributed by atoms with Gasteiger partial charge in [0, 0.05) is 42.7 Å². The number of carbonyl (C=O) groups excluding carboxylic acids is 1. The smallest absolute Gasteiger partial charge is 0.259 e. The summed E-state index contributed by atoms with van der Waals surface area (Å²) in [6, 6.07) is 26.8. The quantitative estimate of drug-likeness (QED) is 0.157. The highest BCUT2D eigenvalue weighted by atomic mass is 16.5. The van der Waals surface area contributed by atoms with Crippen LogP contribution in [0.3, 0.4) is 0 Å². The molecular weight excluding hydrogens is 608 g/mol. The third-order valence-corrected chi connectivity index (χ3v) is 9.02. The molecule has 4 aromatic carbocycles. The Bertz CT molecular complexity index is 2000. The lowest BCUT2D eigenvalue weighted by Crippen LogP contribution is -2.37. The van der Waals surface area contributed by atoms with E-state index in [0.717, 1.165) is 37.2 Å². The fourth-order valence-electron chi connectivity index (χ4n) is 6.55. The Kier molecular flexibility index (Phi) is 9.14. The number of morpholine rings is 1. The number of ketones is 1. The van der Waals surface area contributed by atoms with Gasteiger partial charge in [0.05, 0.1) is 44.1 Å². The van der Waals surface area contributed by atoms with Crippen LogP contribution >= 0.6 is 0 Å². The van der Waals surface area contributed by atoms with E-state index >= 15 is 0 Å². The Labute approximate surface area is 279 Å². The average molecular weight is 647 g/mol. The van der Waals surface area contributed by atoms with E-state index in [1.165, 1.54) is 7.11 Å². The molecule has 7 rings (SSSR count). The minimum atomic E-state index is -0.191. The van der Waals surface area contributed by atoms with Gasteiger partial charge in [0.15, 0.2) is 28.8 Å². The predicted octanol–water partition coefficient (Wildman–Crippen LogP) is 6.11. The number of pyridine rings is 1. The summed E-state index contributed by atoms with van der Waals surface area (Å²) in [5.41, 5.74) is 3.94. The molecule has 9 nitrogen and oxygen atoms in total. The van der Waals surface area contributed by atoms with Crippen LogP contribution in [0.1, 0.15) is 33.5 Å². The van der Waals surface area contributed by atoms with Gasteiger partial charge in [0.1, 0.15) is 13.2 Å². The second kappa shape index (κ2) is 13.9. The monoisotopic (exact) mass is 646 g/mol. The summed E-state index contributed by atoms with van der Waals surface area (Å²) in [5.74, 6) is 1.64. The van der Waals surface area contributed by atoms with E-state index in [2.05, 4.69) is 4.90 Å². The maximum absolute atomic E-state index is 14.5. The first-order chi connectivity index (χ1) is 23.6. The number of fused-ring (bicyclic) bond motifs is 5. The van der Waals surface area contributed by atoms with Crippen LogP contribution in [0.25, 0.3) is 22.0 Å². The lowest BCUT2D eigenvalue weighted by molar-refractivity contribution is 0.0369. The van der Waals surface area contributed by atoms with Crippen LogP contribution in [0.2, 0.25) is 0 Å². The molecule has 1 aliphatic carbocycles. The molecule has 1 saturated heterocycles. The van der Waals surface area contributed by atoms with Gasteiger partial charge in [-0.1, -0.05) is 60.7 Å². The summed E-state index contributed by atoms with van der Waals surface area (Å²) < 4.78 is 31.1. The molecule has 2 heterocycles. The molecule has 0 amide bonds. The predicted molar refractivity (Wildman–Crippen MR) is 184 cm³/mol. The molecule has 1 aliphatic heterocycles. The molecule has 1 fully saturated rings. The maximum Gasteiger partial charge on any atom is 0.259 e. The largest absolute Gasteiger partial charge is 0.493 e. The van der Waals surface area contributed by atoms with Gasteiger partial charge < -0.3 is 28.3 Å². The Morgan fingerprint density at radius 1 is 0.667 bits per heavy atom. The van der Waals surface area contributed by atoms with Crippen molar-refractivity contribution >= 4 is 16.6 Å². The Hall–Kier alpha value is -5.12. The van der Waals surface area contributed by atoms with Gasteiger partial charge in [-0.15, -0.1) is 0 Å².